The monoisotopic (exact) mass is 286 g/mol. The topological polar surface area (TPSA) is 81.5 Å². The van der Waals surface area contributed by atoms with Gasteiger partial charge in [0.25, 0.3) is 0 Å². The first-order chi connectivity index (χ1) is 10.0. The Balaban J connectivity index is 1.82. The average molecular weight is 286 g/mol. The summed E-state index contributed by atoms with van der Waals surface area (Å²) < 4.78 is 11.0. The van der Waals surface area contributed by atoms with Crippen molar-refractivity contribution in [2.24, 2.45) is 0 Å². The van der Waals surface area contributed by atoms with Gasteiger partial charge in [-0.25, -0.2) is 14.8 Å². The fourth-order valence-electron chi connectivity index (χ4n) is 2.25. The lowest BCUT2D eigenvalue weighted by Crippen LogP contribution is -2.24. The van der Waals surface area contributed by atoms with Crippen molar-refractivity contribution >= 4 is 5.97 Å². The van der Waals surface area contributed by atoms with Crippen molar-refractivity contribution in [1.29, 1.82) is 0 Å². The van der Waals surface area contributed by atoms with E-state index in [0.29, 0.717) is 17.9 Å². The third-order valence-corrected chi connectivity index (χ3v) is 3.16. The zero-order valence-electron chi connectivity index (χ0n) is 11.7. The molecule has 3 rings (SSSR count). The molecule has 1 aliphatic rings. The zero-order chi connectivity index (χ0) is 15.0. The van der Waals surface area contributed by atoms with Gasteiger partial charge in [0.1, 0.15) is 11.5 Å². The number of hydrogen-bond donors (Lipinski definition) is 1. The Labute approximate surface area is 121 Å². The SMILES string of the molecule is Cc1cc(C)nc(Oc2ccc3c(c2)OC(C(=O)O)C3)n1. The minimum atomic E-state index is -0.966. The van der Waals surface area contributed by atoms with E-state index >= 15 is 0 Å². The van der Waals surface area contributed by atoms with E-state index in [2.05, 4.69) is 9.97 Å². The maximum absolute atomic E-state index is 10.9. The number of nitrogens with zero attached hydrogens (tertiary/aromatic N) is 2. The molecule has 6 heteroatoms. The van der Waals surface area contributed by atoms with Gasteiger partial charge in [0.2, 0.25) is 0 Å². The maximum Gasteiger partial charge on any atom is 0.345 e. The third-order valence-electron chi connectivity index (χ3n) is 3.16. The predicted octanol–water partition coefficient (Wildman–Crippen LogP) is 2.27. The highest BCUT2D eigenvalue weighted by Crippen LogP contribution is 2.33. The van der Waals surface area contributed by atoms with Gasteiger partial charge in [0, 0.05) is 23.9 Å². The fraction of sp³-hybridized carbons (Fsp3) is 0.267. The van der Waals surface area contributed by atoms with E-state index in [9.17, 15) is 4.79 Å². The second-order valence-corrected chi connectivity index (χ2v) is 4.95. The van der Waals surface area contributed by atoms with E-state index in [-0.39, 0.29) is 6.01 Å². The van der Waals surface area contributed by atoms with Crippen molar-refractivity contribution < 1.29 is 19.4 Å². The highest BCUT2D eigenvalue weighted by molar-refractivity contribution is 5.74. The minimum Gasteiger partial charge on any atom is -0.478 e. The van der Waals surface area contributed by atoms with Crippen LogP contribution in [0.4, 0.5) is 0 Å². The van der Waals surface area contributed by atoms with Crippen LogP contribution in [0.2, 0.25) is 0 Å². The normalized spacial score (nSPS) is 16.2. The number of fused-ring (bicyclic) bond motifs is 1. The number of carboxylic acid groups (broad SMARTS) is 1. The van der Waals surface area contributed by atoms with Gasteiger partial charge >= 0.3 is 12.0 Å². The Morgan fingerprint density at radius 3 is 2.67 bits per heavy atom. The van der Waals surface area contributed by atoms with Crippen LogP contribution >= 0.6 is 0 Å². The molecule has 0 saturated carbocycles. The molecule has 0 saturated heterocycles. The van der Waals surface area contributed by atoms with E-state index in [1.54, 1.807) is 18.2 Å². The number of carboxylic acids is 1. The Bertz CT molecular complexity index is 695. The molecule has 1 aliphatic heterocycles. The summed E-state index contributed by atoms with van der Waals surface area (Å²) in [5.41, 5.74) is 2.50. The van der Waals surface area contributed by atoms with Crippen LogP contribution in [0.1, 0.15) is 17.0 Å². The van der Waals surface area contributed by atoms with Crippen molar-refractivity contribution in [2.45, 2.75) is 26.4 Å². The van der Waals surface area contributed by atoms with E-state index in [1.807, 2.05) is 19.9 Å². The number of carbonyl (C=O) groups is 1. The molecule has 1 N–H and O–H groups in total. The van der Waals surface area contributed by atoms with Crippen molar-refractivity contribution in [1.82, 2.24) is 9.97 Å². The molecule has 0 aliphatic carbocycles. The molecule has 0 amide bonds. The van der Waals surface area contributed by atoms with E-state index < -0.39 is 12.1 Å². The number of aryl methyl sites for hydroxylation is 2. The lowest BCUT2D eigenvalue weighted by Gasteiger charge is -2.07. The third kappa shape index (κ3) is 2.79. The first-order valence-electron chi connectivity index (χ1n) is 6.54. The number of benzene rings is 1. The Hall–Kier alpha value is -2.63. The molecular weight excluding hydrogens is 272 g/mol. The van der Waals surface area contributed by atoms with Crippen molar-refractivity contribution in [3.8, 4) is 17.5 Å². The Morgan fingerprint density at radius 1 is 1.29 bits per heavy atom. The fourth-order valence-corrected chi connectivity index (χ4v) is 2.25. The van der Waals surface area contributed by atoms with Crippen LogP contribution in [0.3, 0.4) is 0 Å². The predicted molar refractivity (Wildman–Crippen MR) is 73.8 cm³/mol. The number of ether oxygens (including phenoxy) is 2. The maximum atomic E-state index is 10.9. The lowest BCUT2D eigenvalue weighted by molar-refractivity contribution is -0.144. The van der Waals surface area contributed by atoms with E-state index in [0.717, 1.165) is 17.0 Å². The molecule has 0 bridgehead atoms. The average Bonchev–Trinajstić information content (AvgIpc) is 2.80. The molecule has 6 nitrogen and oxygen atoms in total. The van der Waals surface area contributed by atoms with Gasteiger partial charge in [-0.05, 0) is 31.5 Å². The van der Waals surface area contributed by atoms with Crippen LogP contribution < -0.4 is 9.47 Å². The highest BCUT2D eigenvalue weighted by Gasteiger charge is 2.29. The molecule has 0 radical (unpaired) electrons. The Morgan fingerprint density at radius 2 is 2.00 bits per heavy atom. The van der Waals surface area contributed by atoms with Crippen molar-refractivity contribution in [3.63, 3.8) is 0 Å². The van der Waals surface area contributed by atoms with Crippen LogP contribution in [0.25, 0.3) is 0 Å². The molecule has 1 atom stereocenters. The van der Waals surface area contributed by atoms with Crippen LogP contribution in [-0.2, 0) is 11.2 Å². The smallest absolute Gasteiger partial charge is 0.345 e. The quantitative estimate of drug-likeness (QED) is 0.932. The van der Waals surface area contributed by atoms with Gasteiger partial charge in [0.05, 0.1) is 0 Å². The number of aliphatic carboxylic acids is 1. The Kier molecular flexibility index (Phi) is 3.21. The summed E-state index contributed by atoms with van der Waals surface area (Å²) in [4.78, 5) is 19.3. The number of hydrogen-bond acceptors (Lipinski definition) is 5. The second kappa shape index (κ2) is 5.05. The van der Waals surface area contributed by atoms with Crippen LogP contribution in [0.15, 0.2) is 24.3 Å². The molecule has 1 aromatic carbocycles. The summed E-state index contributed by atoms with van der Waals surface area (Å²) in [6, 6.07) is 7.35. The van der Waals surface area contributed by atoms with E-state index in [1.165, 1.54) is 0 Å². The van der Waals surface area contributed by atoms with Crippen LogP contribution in [0.5, 0.6) is 17.5 Å². The summed E-state index contributed by atoms with van der Waals surface area (Å²) >= 11 is 0. The van der Waals surface area contributed by atoms with Crippen molar-refractivity contribution in [3.05, 3.63) is 41.2 Å². The zero-order valence-corrected chi connectivity index (χ0v) is 11.7. The molecule has 1 unspecified atom stereocenters. The summed E-state index contributed by atoms with van der Waals surface area (Å²) in [5.74, 6) is 0.0837. The molecular formula is C15H14N2O4. The molecule has 0 fully saturated rings. The first-order valence-corrected chi connectivity index (χ1v) is 6.54. The van der Waals surface area contributed by atoms with Gasteiger partial charge in [-0.2, -0.15) is 0 Å². The molecule has 21 heavy (non-hydrogen) atoms. The van der Waals surface area contributed by atoms with Crippen molar-refractivity contribution in [2.75, 3.05) is 0 Å². The number of aromatic nitrogens is 2. The minimum absolute atomic E-state index is 0.264. The number of rotatable bonds is 3. The first kappa shape index (κ1) is 13.4. The highest BCUT2D eigenvalue weighted by atomic mass is 16.5. The molecule has 108 valence electrons. The van der Waals surface area contributed by atoms with Crippen LogP contribution in [-0.4, -0.2) is 27.1 Å². The van der Waals surface area contributed by atoms with Gasteiger partial charge in [-0.15, -0.1) is 0 Å². The summed E-state index contributed by atoms with van der Waals surface area (Å²) in [6.45, 7) is 3.73. The van der Waals surface area contributed by atoms with Gasteiger partial charge in [0.15, 0.2) is 6.10 Å². The standard InChI is InChI=1S/C15H14N2O4/c1-8-5-9(2)17-15(16-8)20-11-4-3-10-6-13(14(18)19)21-12(10)7-11/h3-5,7,13H,6H2,1-2H3,(H,18,19). The largest absolute Gasteiger partial charge is 0.478 e. The lowest BCUT2D eigenvalue weighted by atomic mass is 10.1. The summed E-state index contributed by atoms with van der Waals surface area (Å²) in [5, 5.41) is 8.97. The van der Waals surface area contributed by atoms with Crippen LogP contribution in [0, 0.1) is 13.8 Å². The van der Waals surface area contributed by atoms with Gasteiger partial charge in [-0.1, -0.05) is 6.07 Å². The molecule has 1 aromatic heterocycles. The molecule has 2 aromatic rings. The van der Waals surface area contributed by atoms with Gasteiger partial charge < -0.3 is 14.6 Å². The molecule has 0 spiro atoms. The molecule has 2 heterocycles. The van der Waals surface area contributed by atoms with Gasteiger partial charge in [-0.3, -0.25) is 0 Å². The summed E-state index contributed by atoms with van der Waals surface area (Å²) in [6.07, 6.45) is -0.460. The van der Waals surface area contributed by atoms with E-state index in [4.69, 9.17) is 14.6 Å². The second-order valence-electron chi connectivity index (χ2n) is 4.95. The summed E-state index contributed by atoms with van der Waals surface area (Å²) in [7, 11) is 0.